The summed E-state index contributed by atoms with van der Waals surface area (Å²) in [5.41, 5.74) is 5.01. The van der Waals surface area contributed by atoms with Crippen molar-refractivity contribution in [1.29, 1.82) is 0 Å². The Bertz CT molecular complexity index is 857. The van der Waals surface area contributed by atoms with Gasteiger partial charge < -0.3 is 10.2 Å². The van der Waals surface area contributed by atoms with Crippen molar-refractivity contribution in [2.24, 2.45) is 0 Å². The number of urea groups is 1. The van der Waals surface area contributed by atoms with Crippen LogP contribution in [-0.4, -0.2) is 52.1 Å². The summed E-state index contributed by atoms with van der Waals surface area (Å²) in [5.74, 6) is -0.522. The largest absolute Gasteiger partial charge is 0.321 e. The van der Waals surface area contributed by atoms with Crippen LogP contribution >= 0.6 is 0 Å². The number of nitrogens with zero attached hydrogens (tertiary/aromatic N) is 2. The lowest BCUT2D eigenvalue weighted by atomic mass is 10.1. The van der Waals surface area contributed by atoms with E-state index < -0.39 is 5.91 Å². The van der Waals surface area contributed by atoms with E-state index in [1.54, 1.807) is 17.6 Å². The van der Waals surface area contributed by atoms with E-state index in [1.807, 2.05) is 48.2 Å². The van der Waals surface area contributed by atoms with E-state index in [0.29, 0.717) is 18.7 Å². The number of hydrogen-bond acceptors (Lipinski definition) is 4. The van der Waals surface area contributed by atoms with Crippen LogP contribution in [0.3, 0.4) is 0 Å². The van der Waals surface area contributed by atoms with Crippen LogP contribution in [0.2, 0.25) is 0 Å². The zero-order chi connectivity index (χ0) is 21.0. The first kappa shape index (κ1) is 20.8. The number of rotatable bonds is 4. The molecule has 7 heteroatoms. The third-order valence-corrected chi connectivity index (χ3v) is 5.46. The molecule has 2 aromatic carbocycles. The molecule has 2 aromatic rings. The molecule has 3 N–H and O–H groups in total. The molecule has 0 radical (unpaired) electrons. The van der Waals surface area contributed by atoms with Gasteiger partial charge in [-0.25, -0.2) is 10.3 Å². The number of aryl methyl sites for hydroxylation is 1. The first-order chi connectivity index (χ1) is 13.9. The highest BCUT2D eigenvalue weighted by Crippen LogP contribution is 2.21. The van der Waals surface area contributed by atoms with Gasteiger partial charge in [0.15, 0.2) is 0 Å². The van der Waals surface area contributed by atoms with Gasteiger partial charge in [-0.1, -0.05) is 30.3 Å². The average molecular weight is 396 g/mol. The molecule has 0 bridgehead atoms. The zero-order valence-electron chi connectivity index (χ0n) is 17.1. The molecule has 0 aromatic heterocycles. The van der Waals surface area contributed by atoms with Gasteiger partial charge in [-0.15, -0.1) is 0 Å². The van der Waals surface area contributed by atoms with Crippen LogP contribution in [-0.2, 0) is 6.54 Å². The monoisotopic (exact) mass is 396 g/mol. The second kappa shape index (κ2) is 9.07. The number of para-hydroxylation sites is 1. The van der Waals surface area contributed by atoms with Crippen LogP contribution in [0.1, 0.15) is 35.3 Å². The van der Waals surface area contributed by atoms with Gasteiger partial charge in [0.1, 0.15) is 0 Å². The number of carbonyl (C=O) groups excluding carboxylic acids is 2. The third kappa shape index (κ3) is 4.93. The molecule has 29 heavy (non-hydrogen) atoms. The van der Waals surface area contributed by atoms with Crippen molar-refractivity contribution >= 4 is 17.6 Å². The van der Waals surface area contributed by atoms with Crippen molar-refractivity contribution in [3.63, 3.8) is 0 Å². The molecule has 0 saturated carbocycles. The van der Waals surface area contributed by atoms with Gasteiger partial charge in [-0.2, -0.15) is 0 Å². The summed E-state index contributed by atoms with van der Waals surface area (Å²) in [6, 6.07) is 15.3. The topological polar surface area (TPSA) is 84.9 Å². The number of nitrogens with one attached hydrogen (secondary N) is 2. The van der Waals surface area contributed by atoms with Gasteiger partial charge in [-0.3, -0.25) is 14.9 Å². The minimum absolute atomic E-state index is 0.0722. The number of anilines is 1. The lowest BCUT2D eigenvalue weighted by molar-refractivity contribution is 0.0526. The van der Waals surface area contributed by atoms with Gasteiger partial charge >= 0.3 is 6.03 Å². The standard InChI is InChI=1S/C22H28N4O3/c1-15-6-4-5-7-20(15)23-22(28)25-12-16(2)26(17(3)13-25)14-18-8-10-19(11-9-18)21(27)24-29/h4-11,16-17,29H,12-14H2,1-3H3,(H,23,28)(H,24,27)/t16-,17+. The molecular weight excluding hydrogens is 368 g/mol. The number of carbonyl (C=O) groups is 2. The number of hydroxylamine groups is 1. The molecule has 3 rings (SSSR count). The fourth-order valence-electron chi connectivity index (χ4n) is 3.78. The Morgan fingerprint density at radius 2 is 1.66 bits per heavy atom. The average Bonchev–Trinajstić information content (AvgIpc) is 2.72. The zero-order valence-corrected chi connectivity index (χ0v) is 17.1. The van der Waals surface area contributed by atoms with Crippen molar-refractivity contribution in [3.8, 4) is 0 Å². The Morgan fingerprint density at radius 1 is 1.03 bits per heavy atom. The summed E-state index contributed by atoms with van der Waals surface area (Å²) in [6.45, 7) is 8.25. The van der Waals surface area contributed by atoms with E-state index in [-0.39, 0.29) is 18.1 Å². The van der Waals surface area contributed by atoms with Crippen LogP contribution in [0.5, 0.6) is 0 Å². The molecule has 0 unspecified atom stereocenters. The van der Waals surface area contributed by atoms with Gasteiger partial charge in [0.2, 0.25) is 0 Å². The Hall–Kier alpha value is -2.90. The van der Waals surface area contributed by atoms with Gasteiger partial charge in [-0.05, 0) is 50.1 Å². The Kier molecular flexibility index (Phi) is 6.51. The normalized spacial score (nSPS) is 19.7. The van der Waals surface area contributed by atoms with Gasteiger partial charge in [0.05, 0.1) is 0 Å². The molecule has 1 aliphatic rings. The van der Waals surface area contributed by atoms with Crippen LogP contribution in [0.15, 0.2) is 48.5 Å². The van der Waals surface area contributed by atoms with Crippen molar-refractivity contribution in [3.05, 3.63) is 65.2 Å². The molecule has 2 atom stereocenters. The van der Waals surface area contributed by atoms with Crippen LogP contribution in [0.25, 0.3) is 0 Å². The van der Waals surface area contributed by atoms with E-state index in [4.69, 9.17) is 5.21 Å². The maximum absolute atomic E-state index is 12.7. The minimum atomic E-state index is -0.522. The van der Waals surface area contributed by atoms with Crippen molar-refractivity contribution in [2.45, 2.75) is 39.4 Å². The fraction of sp³-hybridized carbons (Fsp3) is 0.364. The summed E-state index contributed by atoms with van der Waals surface area (Å²) in [4.78, 5) is 28.4. The number of hydrogen-bond donors (Lipinski definition) is 3. The molecule has 1 heterocycles. The predicted molar refractivity (Wildman–Crippen MR) is 112 cm³/mol. The fourth-order valence-corrected chi connectivity index (χ4v) is 3.78. The molecular formula is C22H28N4O3. The van der Waals surface area contributed by atoms with Crippen LogP contribution < -0.4 is 10.8 Å². The molecule has 1 saturated heterocycles. The first-order valence-electron chi connectivity index (χ1n) is 9.79. The highest BCUT2D eigenvalue weighted by Gasteiger charge is 2.31. The molecule has 0 spiro atoms. The summed E-state index contributed by atoms with van der Waals surface area (Å²) >= 11 is 0. The second-order valence-electron chi connectivity index (χ2n) is 7.66. The SMILES string of the molecule is Cc1ccccc1NC(=O)N1C[C@@H](C)N(Cc2ccc(C(=O)NO)cc2)[C@@H](C)C1. The maximum Gasteiger partial charge on any atom is 0.321 e. The van der Waals surface area contributed by atoms with E-state index >= 15 is 0 Å². The Labute approximate surface area is 171 Å². The predicted octanol–water partition coefficient (Wildman–Crippen LogP) is 3.24. The van der Waals surface area contributed by atoms with E-state index in [1.165, 1.54) is 0 Å². The van der Waals surface area contributed by atoms with E-state index in [0.717, 1.165) is 23.4 Å². The Balaban J connectivity index is 1.61. The lowest BCUT2D eigenvalue weighted by Gasteiger charge is -2.44. The quantitative estimate of drug-likeness (QED) is 0.547. The number of piperazine rings is 1. The first-order valence-corrected chi connectivity index (χ1v) is 9.79. The van der Waals surface area contributed by atoms with Crippen molar-refractivity contribution in [2.75, 3.05) is 18.4 Å². The lowest BCUT2D eigenvalue weighted by Crippen LogP contribution is -2.58. The van der Waals surface area contributed by atoms with E-state index in [9.17, 15) is 9.59 Å². The molecule has 154 valence electrons. The van der Waals surface area contributed by atoms with Crippen molar-refractivity contribution in [1.82, 2.24) is 15.3 Å². The molecule has 1 aliphatic heterocycles. The van der Waals surface area contributed by atoms with E-state index in [2.05, 4.69) is 24.1 Å². The third-order valence-electron chi connectivity index (χ3n) is 5.46. The van der Waals surface area contributed by atoms with Crippen LogP contribution in [0, 0.1) is 6.92 Å². The van der Waals surface area contributed by atoms with Gasteiger partial charge in [0.25, 0.3) is 5.91 Å². The van der Waals surface area contributed by atoms with Crippen LogP contribution in [0.4, 0.5) is 10.5 Å². The smallest absolute Gasteiger partial charge is 0.321 e. The minimum Gasteiger partial charge on any atom is -0.321 e. The molecule has 1 fully saturated rings. The number of benzene rings is 2. The number of amides is 3. The van der Waals surface area contributed by atoms with Gasteiger partial charge in [0, 0.05) is 43.0 Å². The highest BCUT2D eigenvalue weighted by atomic mass is 16.5. The molecule has 3 amide bonds. The van der Waals surface area contributed by atoms with Crippen molar-refractivity contribution < 1.29 is 14.8 Å². The summed E-state index contributed by atoms with van der Waals surface area (Å²) in [5, 5.41) is 11.7. The summed E-state index contributed by atoms with van der Waals surface area (Å²) < 4.78 is 0. The summed E-state index contributed by atoms with van der Waals surface area (Å²) in [6.07, 6.45) is 0. The Morgan fingerprint density at radius 3 is 2.24 bits per heavy atom. The molecule has 7 nitrogen and oxygen atoms in total. The maximum atomic E-state index is 12.7. The molecule has 0 aliphatic carbocycles. The second-order valence-corrected chi connectivity index (χ2v) is 7.66. The highest BCUT2D eigenvalue weighted by molar-refractivity contribution is 5.93. The summed E-state index contributed by atoms with van der Waals surface area (Å²) in [7, 11) is 0.